The third-order valence-corrected chi connectivity index (χ3v) is 16.7. The SMILES string of the molecule is O=C([O-])c1ccccc1-c1c2cc(I)c(=O)c(I)c-2oc2c(I)c([O-])c(I)cc12.O=C1OC2(c3ccccc31)c1cc(I)c(O)c(I)c1Oc1c2cc(I)c(O)c1I.[H+]. The van der Waals surface area contributed by atoms with Gasteiger partial charge in [0.1, 0.15) is 20.7 Å². The number of rotatable bonds is 2. The zero-order valence-corrected chi connectivity index (χ0v) is 45.4. The second-order valence-corrected chi connectivity index (χ2v) is 21.5. The lowest BCUT2D eigenvalue weighted by Crippen LogP contribution is -2.34. The Morgan fingerprint density at radius 3 is 1.83 bits per heavy atom. The number of ether oxygens (including phenoxy) is 2. The highest BCUT2D eigenvalue weighted by molar-refractivity contribution is 14.1. The lowest BCUT2D eigenvalue weighted by Gasteiger charge is -2.37. The summed E-state index contributed by atoms with van der Waals surface area (Å²) in [7, 11) is 0. The third-order valence-electron chi connectivity index (χ3n) is 9.45. The minimum absolute atomic E-state index is 0. The van der Waals surface area contributed by atoms with Crippen molar-refractivity contribution in [2.24, 2.45) is 0 Å². The van der Waals surface area contributed by atoms with Crippen molar-refractivity contribution in [2.45, 2.75) is 5.60 Å². The van der Waals surface area contributed by atoms with Crippen molar-refractivity contribution < 1.29 is 45.3 Å². The summed E-state index contributed by atoms with van der Waals surface area (Å²) in [5.41, 5.74) is 3.07. The van der Waals surface area contributed by atoms with Gasteiger partial charge in [-0.05, 0) is 217 Å². The van der Waals surface area contributed by atoms with Crippen molar-refractivity contribution in [3.05, 3.63) is 139 Å². The number of phenols is 2. The molecular weight excluding hydrogens is 1660 g/mol. The van der Waals surface area contributed by atoms with Crippen LogP contribution in [0.15, 0.2) is 82.0 Å². The molecule has 292 valence electrons. The molecule has 0 atom stereocenters. The van der Waals surface area contributed by atoms with Crippen LogP contribution >= 0.6 is 181 Å². The second kappa shape index (κ2) is 16.5. The number of benzene rings is 6. The average Bonchev–Trinajstić information content (AvgIpc) is 3.50. The average molecular weight is 1670 g/mol. The summed E-state index contributed by atoms with van der Waals surface area (Å²) in [6, 6.07) is 20.8. The summed E-state index contributed by atoms with van der Waals surface area (Å²) in [6.07, 6.45) is 0. The van der Waals surface area contributed by atoms with Gasteiger partial charge in [0.2, 0.25) is 5.43 Å². The maximum atomic E-state index is 12.9. The van der Waals surface area contributed by atoms with Gasteiger partial charge >= 0.3 is 7.40 Å². The number of hydrogen-bond acceptors (Lipinski definition) is 10. The molecule has 1 aliphatic carbocycles. The molecule has 4 aliphatic rings. The van der Waals surface area contributed by atoms with Gasteiger partial charge in [-0.2, -0.15) is 0 Å². The van der Waals surface area contributed by atoms with Gasteiger partial charge in [-0.15, -0.1) is 0 Å². The zero-order valence-electron chi connectivity index (χ0n) is 29.1. The number of phenolic OH excluding ortho intramolecular Hbond substituents is 2. The fourth-order valence-electron chi connectivity index (χ4n) is 6.92. The number of aromatic hydroxyl groups is 2. The van der Waals surface area contributed by atoms with Gasteiger partial charge in [0.15, 0.2) is 22.9 Å². The molecule has 0 aromatic heterocycles. The monoisotopic (exact) mass is 1670 g/mol. The van der Waals surface area contributed by atoms with E-state index in [0.29, 0.717) is 95.7 Å². The Morgan fingerprint density at radius 1 is 0.655 bits per heavy atom. The molecule has 0 bridgehead atoms. The van der Waals surface area contributed by atoms with Crippen molar-refractivity contribution in [3.8, 4) is 51.2 Å². The molecule has 0 fully saturated rings. The van der Waals surface area contributed by atoms with E-state index in [9.17, 15) is 34.8 Å². The number of fused-ring (bicyclic) bond motifs is 8. The highest BCUT2D eigenvalue weighted by Gasteiger charge is 2.55. The summed E-state index contributed by atoms with van der Waals surface area (Å²) in [5, 5.41) is 45.9. The van der Waals surface area contributed by atoms with E-state index < -0.39 is 17.5 Å². The predicted octanol–water partition coefficient (Wildman–Crippen LogP) is 10.6. The molecule has 0 saturated carbocycles. The Bertz CT molecular complexity index is 2960. The van der Waals surface area contributed by atoms with E-state index in [1.807, 2.05) is 148 Å². The van der Waals surface area contributed by atoms with Crippen LogP contribution in [0.3, 0.4) is 0 Å². The predicted molar refractivity (Wildman–Crippen MR) is 279 cm³/mol. The highest BCUT2D eigenvalue weighted by atomic mass is 127. The number of halogens is 8. The van der Waals surface area contributed by atoms with Crippen LogP contribution in [0.4, 0.5) is 0 Å². The van der Waals surface area contributed by atoms with E-state index in [1.54, 1.807) is 54.6 Å². The Balaban J connectivity index is 0.000000176. The van der Waals surface area contributed by atoms with Gasteiger partial charge in [0.05, 0.1) is 40.5 Å². The molecule has 0 radical (unpaired) electrons. The van der Waals surface area contributed by atoms with Crippen molar-refractivity contribution in [1.29, 1.82) is 0 Å². The van der Waals surface area contributed by atoms with E-state index in [1.165, 1.54) is 6.07 Å². The smallest absolute Gasteiger partial charge is 0.871 e. The first kappa shape index (κ1) is 43.4. The molecule has 18 heteroatoms. The maximum Gasteiger partial charge on any atom is 1.00 e. The van der Waals surface area contributed by atoms with Crippen molar-refractivity contribution in [3.63, 3.8) is 0 Å². The van der Waals surface area contributed by atoms with Crippen LogP contribution in [-0.2, 0) is 10.3 Å². The van der Waals surface area contributed by atoms with Crippen LogP contribution in [0, 0.1) is 28.6 Å². The topological polar surface area (TPSA) is 169 Å². The highest BCUT2D eigenvalue weighted by Crippen LogP contribution is 2.60. The number of hydrogen-bond donors (Lipinski definition) is 2. The number of carboxylic acid groups (broad SMARTS) is 1. The molecule has 0 unspecified atom stereocenters. The van der Waals surface area contributed by atoms with E-state index in [4.69, 9.17) is 13.9 Å². The van der Waals surface area contributed by atoms with Gasteiger partial charge in [0.25, 0.3) is 0 Å². The van der Waals surface area contributed by atoms with Crippen LogP contribution in [0.1, 0.15) is 38.8 Å². The van der Waals surface area contributed by atoms with Crippen LogP contribution < -0.4 is 20.4 Å². The molecule has 3 heterocycles. The molecule has 5 aromatic carbocycles. The molecule has 9 rings (SSSR count). The van der Waals surface area contributed by atoms with Crippen molar-refractivity contribution in [2.75, 3.05) is 0 Å². The fraction of sp³-hybridized carbons (Fsp3) is 0.0250. The fourth-order valence-corrected chi connectivity index (χ4v) is 14.1. The van der Waals surface area contributed by atoms with Crippen molar-refractivity contribution in [1.82, 2.24) is 0 Å². The molecule has 0 amide bonds. The van der Waals surface area contributed by atoms with Crippen molar-refractivity contribution >= 4 is 204 Å². The Morgan fingerprint density at radius 2 is 1.22 bits per heavy atom. The van der Waals surface area contributed by atoms with Crippen LogP contribution in [0.5, 0.6) is 28.7 Å². The zero-order chi connectivity index (χ0) is 41.7. The first-order valence-electron chi connectivity index (χ1n) is 16.2. The Kier molecular flexibility index (Phi) is 12.3. The molecule has 5 aromatic rings. The van der Waals surface area contributed by atoms with Gasteiger partial charge in [-0.25, -0.2) is 4.79 Å². The van der Waals surface area contributed by atoms with Crippen LogP contribution in [0.2, 0.25) is 0 Å². The minimum atomic E-state index is -1.31. The number of carbonyl (C=O) groups excluding carboxylic acids is 2. The quantitative estimate of drug-likeness (QED) is 0.0965. The standard InChI is InChI=1S/2C20H8I4O5/c21-11-5-9-17(13(23)15(11)25)28-18-10(6-12(22)16(26)14(18)24)20(9)8-4-2-1-3-7(8)19(27)29-20;21-11-5-9-13(7-3-1-2-4-8(7)20(27)28)10-6-12(22)17(26)15(24)19(10)29-18(9)14(23)16(11)25/h1-6,25-26H;1-6,25H,(H,27,28)/p-1. The molecule has 2 N–H and O–H groups in total. The summed E-state index contributed by atoms with van der Waals surface area (Å²) < 4.78 is 22.4. The normalized spacial score (nSPS) is 13.3. The lowest BCUT2D eigenvalue weighted by molar-refractivity contribution is -0.270. The summed E-state index contributed by atoms with van der Waals surface area (Å²) in [4.78, 5) is 37.2. The van der Waals surface area contributed by atoms with E-state index in [2.05, 4.69) is 45.2 Å². The second-order valence-electron chi connectivity index (χ2n) is 12.6. The molecule has 1 spiro atoms. The van der Waals surface area contributed by atoms with E-state index >= 15 is 0 Å². The van der Waals surface area contributed by atoms with Gasteiger partial charge in [0, 0.05) is 34.8 Å². The molecule has 58 heavy (non-hydrogen) atoms. The Labute approximate surface area is 438 Å². The van der Waals surface area contributed by atoms with E-state index in [0.717, 1.165) is 0 Å². The number of aromatic carboxylic acids is 1. The Hall–Kier alpha value is -1.23. The molecule has 3 aliphatic heterocycles. The first-order valence-corrected chi connectivity index (χ1v) is 24.8. The largest absolute Gasteiger partial charge is 1.00 e. The summed E-state index contributed by atoms with van der Waals surface area (Å²) in [6.45, 7) is 0. The summed E-state index contributed by atoms with van der Waals surface area (Å²) in [5.74, 6) is -0.545. The van der Waals surface area contributed by atoms with Gasteiger partial charge in [-0.1, -0.05) is 48.2 Å². The van der Waals surface area contributed by atoms with Crippen LogP contribution in [0.25, 0.3) is 33.4 Å². The van der Waals surface area contributed by atoms with Gasteiger partial charge < -0.3 is 39.1 Å². The number of esters is 1. The van der Waals surface area contributed by atoms with Gasteiger partial charge in [-0.3, -0.25) is 4.79 Å². The first-order chi connectivity index (χ1) is 27.5. The molecular formula is C40H15I8O10-. The maximum absolute atomic E-state index is 12.9. The lowest BCUT2D eigenvalue weighted by atomic mass is 9.77. The van der Waals surface area contributed by atoms with Crippen LogP contribution in [-0.4, -0.2) is 22.2 Å². The third kappa shape index (κ3) is 6.87. The minimum Gasteiger partial charge on any atom is -0.871 e. The number of carboxylic acids is 1. The number of carbonyl (C=O) groups is 2. The van der Waals surface area contributed by atoms with E-state index in [-0.39, 0.29) is 29.7 Å². The summed E-state index contributed by atoms with van der Waals surface area (Å²) >= 11 is 15.9. The molecule has 10 nitrogen and oxygen atoms in total. The molecule has 0 saturated heterocycles.